The van der Waals surface area contributed by atoms with Crippen molar-refractivity contribution < 1.29 is 9.90 Å². The predicted octanol–water partition coefficient (Wildman–Crippen LogP) is 1.68. The summed E-state index contributed by atoms with van der Waals surface area (Å²) in [6.45, 7) is 4.08. The number of carbonyl (C=O) groups excluding carboxylic acids is 1. The number of aliphatic hydroxyl groups is 1. The third-order valence-electron chi connectivity index (χ3n) is 2.75. The summed E-state index contributed by atoms with van der Waals surface area (Å²) in [5, 5.41) is 14.4. The van der Waals surface area contributed by atoms with Gasteiger partial charge in [0.25, 0.3) is 5.56 Å². The van der Waals surface area contributed by atoms with Gasteiger partial charge in [0.05, 0.1) is 6.10 Å². The van der Waals surface area contributed by atoms with E-state index in [-0.39, 0.29) is 17.2 Å². The van der Waals surface area contributed by atoms with Gasteiger partial charge in [-0.2, -0.15) is 0 Å². The molecule has 2 unspecified atom stereocenters. The molecule has 1 heterocycles. The van der Waals surface area contributed by atoms with Crippen molar-refractivity contribution in [3.8, 4) is 0 Å². The monoisotopic (exact) mass is 345 g/mol. The molecule has 0 bridgehead atoms. The van der Waals surface area contributed by atoms with Crippen LogP contribution in [-0.2, 0) is 7.05 Å². The maximum absolute atomic E-state index is 11.8. The lowest BCUT2D eigenvalue weighted by atomic mass is 10.1. The minimum absolute atomic E-state index is 0.158. The van der Waals surface area contributed by atoms with Crippen LogP contribution in [0.25, 0.3) is 0 Å². The molecular weight excluding hydrogens is 326 g/mol. The van der Waals surface area contributed by atoms with Crippen molar-refractivity contribution in [1.82, 2.24) is 9.88 Å². The highest BCUT2D eigenvalue weighted by Crippen LogP contribution is 2.11. The van der Waals surface area contributed by atoms with Gasteiger partial charge in [-0.15, -0.1) is 0 Å². The molecule has 112 valence electrons. The summed E-state index contributed by atoms with van der Waals surface area (Å²) < 4.78 is 2.09. The molecule has 3 N–H and O–H groups in total. The molecule has 0 saturated heterocycles. The van der Waals surface area contributed by atoms with Crippen molar-refractivity contribution in [1.29, 1.82) is 0 Å². The van der Waals surface area contributed by atoms with Gasteiger partial charge < -0.3 is 20.3 Å². The molecule has 1 aromatic rings. The van der Waals surface area contributed by atoms with E-state index in [1.807, 2.05) is 6.92 Å². The number of amides is 2. The Labute approximate surface area is 126 Å². The Morgan fingerprint density at radius 1 is 1.50 bits per heavy atom. The number of urea groups is 1. The number of rotatable bonds is 5. The lowest BCUT2D eigenvalue weighted by Gasteiger charge is -2.14. The van der Waals surface area contributed by atoms with Crippen molar-refractivity contribution in [2.45, 2.75) is 26.4 Å². The molecule has 0 spiro atoms. The van der Waals surface area contributed by atoms with Crippen LogP contribution in [0.5, 0.6) is 0 Å². The lowest BCUT2D eigenvalue weighted by molar-refractivity contribution is 0.163. The number of aromatic nitrogens is 1. The first kappa shape index (κ1) is 16.7. The van der Waals surface area contributed by atoms with E-state index in [1.165, 1.54) is 4.57 Å². The number of carbonyl (C=O) groups is 1. The van der Waals surface area contributed by atoms with Crippen LogP contribution >= 0.6 is 15.9 Å². The normalized spacial score (nSPS) is 13.7. The lowest BCUT2D eigenvalue weighted by Crippen LogP contribution is -2.35. The molecule has 20 heavy (non-hydrogen) atoms. The summed E-state index contributed by atoms with van der Waals surface area (Å²) in [5.41, 5.74) is -0.0667. The van der Waals surface area contributed by atoms with Gasteiger partial charge in [0.1, 0.15) is 5.69 Å². The quantitative estimate of drug-likeness (QED) is 0.759. The first-order valence-electron chi connectivity index (χ1n) is 6.38. The van der Waals surface area contributed by atoms with Crippen LogP contribution < -0.4 is 16.2 Å². The number of nitrogens with zero attached hydrogens (tertiary/aromatic N) is 1. The van der Waals surface area contributed by atoms with Crippen LogP contribution in [0.4, 0.5) is 10.5 Å². The van der Waals surface area contributed by atoms with Gasteiger partial charge in [-0.3, -0.25) is 4.79 Å². The SMILES string of the molecule is CC(O)CC(C)CNC(=O)Nc1cc(Br)cn(C)c1=O. The van der Waals surface area contributed by atoms with Gasteiger partial charge in [0, 0.05) is 24.3 Å². The Hall–Kier alpha value is -1.34. The van der Waals surface area contributed by atoms with Gasteiger partial charge in [-0.05, 0) is 41.3 Å². The third-order valence-corrected chi connectivity index (χ3v) is 3.19. The molecule has 0 aromatic carbocycles. The van der Waals surface area contributed by atoms with Crippen LogP contribution in [0.2, 0.25) is 0 Å². The van der Waals surface area contributed by atoms with E-state index in [0.717, 1.165) is 0 Å². The number of hydrogen-bond donors (Lipinski definition) is 3. The van der Waals surface area contributed by atoms with Crippen molar-refractivity contribution in [3.63, 3.8) is 0 Å². The van der Waals surface area contributed by atoms with E-state index in [0.29, 0.717) is 17.4 Å². The molecule has 1 rings (SSSR count). The van der Waals surface area contributed by atoms with Crippen LogP contribution in [0.1, 0.15) is 20.3 Å². The average Bonchev–Trinajstić information content (AvgIpc) is 2.32. The minimum Gasteiger partial charge on any atom is -0.393 e. The van der Waals surface area contributed by atoms with E-state index >= 15 is 0 Å². The van der Waals surface area contributed by atoms with Gasteiger partial charge in [0.2, 0.25) is 0 Å². The van der Waals surface area contributed by atoms with Crippen LogP contribution in [-0.4, -0.2) is 28.4 Å². The third kappa shape index (κ3) is 5.34. The molecule has 0 aliphatic heterocycles. The molecule has 0 fully saturated rings. The first-order valence-corrected chi connectivity index (χ1v) is 7.18. The van der Waals surface area contributed by atoms with Gasteiger partial charge in [-0.25, -0.2) is 4.79 Å². The summed E-state index contributed by atoms with van der Waals surface area (Å²) in [4.78, 5) is 23.5. The van der Waals surface area contributed by atoms with E-state index in [2.05, 4.69) is 26.6 Å². The molecule has 0 aliphatic carbocycles. The van der Waals surface area contributed by atoms with E-state index in [4.69, 9.17) is 0 Å². The number of halogens is 1. The maximum Gasteiger partial charge on any atom is 0.319 e. The zero-order valence-electron chi connectivity index (χ0n) is 11.8. The van der Waals surface area contributed by atoms with Crippen LogP contribution in [0, 0.1) is 5.92 Å². The molecular formula is C13H20BrN3O3. The second-order valence-corrected chi connectivity index (χ2v) is 5.93. The van der Waals surface area contributed by atoms with Crippen molar-refractivity contribution in [2.75, 3.05) is 11.9 Å². The number of pyridine rings is 1. The zero-order chi connectivity index (χ0) is 15.3. The van der Waals surface area contributed by atoms with E-state index < -0.39 is 12.1 Å². The standard InChI is InChI=1S/C13H20BrN3O3/c1-8(4-9(2)18)6-15-13(20)16-11-5-10(14)7-17(3)12(11)19/h5,7-9,18H,4,6H2,1-3H3,(H2,15,16,20). The fourth-order valence-corrected chi connectivity index (χ4v) is 2.40. The fourth-order valence-electron chi connectivity index (χ4n) is 1.86. The van der Waals surface area contributed by atoms with Gasteiger partial charge in [0.15, 0.2) is 0 Å². The summed E-state index contributed by atoms with van der Waals surface area (Å²) in [5.74, 6) is 0.158. The van der Waals surface area contributed by atoms with Gasteiger partial charge >= 0.3 is 6.03 Å². The van der Waals surface area contributed by atoms with E-state index in [9.17, 15) is 14.7 Å². The van der Waals surface area contributed by atoms with Crippen molar-refractivity contribution in [2.24, 2.45) is 13.0 Å². The Morgan fingerprint density at radius 3 is 2.75 bits per heavy atom. The fraction of sp³-hybridized carbons (Fsp3) is 0.538. The molecule has 6 nitrogen and oxygen atoms in total. The largest absolute Gasteiger partial charge is 0.393 e. The molecule has 2 atom stereocenters. The number of aliphatic hydroxyl groups excluding tert-OH is 1. The topological polar surface area (TPSA) is 83.4 Å². The van der Waals surface area contributed by atoms with Crippen LogP contribution in [0.3, 0.4) is 0 Å². The highest BCUT2D eigenvalue weighted by Gasteiger charge is 2.10. The minimum atomic E-state index is -0.433. The highest BCUT2D eigenvalue weighted by molar-refractivity contribution is 9.10. The summed E-state index contributed by atoms with van der Waals surface area (Å²) >= 11 is 3.27. The van der Waals surface area contributed by atoms with E-state index in [1.54, 1.807) is 26.2 Å². The second-order valence-electron chi connectivity index (χ2n) is 5.01. The number of anilines is 1. The van der Waals surface area contributed by atoms with Crippen molar-refractivity contribution in [3.05, 3.63) is 27.1 Å². The molecule has 1 aromatic heterocycles. The zero-order valence-corrected chi connectivity index (χ0v) is 13.4. The Kier molecular flexibility index (Phi) is 6.22. The Bertz CT molecular complexity index is 528. The first-order chi connectivity index (χ1) is 9.29. The summed E-state index contributed by atoms with van der Waals surface area (Å²) in [6, 6.07) is 1.12. The molecule has 0 radical (unpaired) electrons. The molecule has 0 saturated carbocycles. The average molecular weight is 346 g/mol. The predicted molar refractivity (Wildman–Crippen MR) is 81.9 cm³/mol. The number of aryl methyl sites for hydroxylation is 1. The Balaban J connectivity index is 2.57. The maximum atomic E-state index is 11.8. The highest BCUT2D eigenvalue weighted by atomic mass is 79.9. The smallest absolute Gasteiger partial charge is 0.319 e. The summed E-state index contributed by atoms with van der Waals surface area (Å²) in [6.07, 6.45) is 1.84. The molecule has 2 amide bonds. The number of hydrogen-bond acceptors (Lipinski definition) is 3. The molecule has 0 aliphatic rings. The number of nitrogens with one attached hydrogen (secondary N) is 2. The summed E-state index contributed by atoms with van der Waals surface area (Å²) in [7, 11) is 1.61. The second kappa shape index (κ2) is 7.44. The van der Waals surface area contributed by atoms with Crippen molar-refractivity contribution >= 4 is 27.6 Å². The molecule has 7 heteroatoms. The Morgan fingerprint density at radius 2 is 2.15 bits per heavy atom. The van der Waals surface area contributed by atoms with Gasteiger partial charge in [-0.1, -0.05) is 6.92 Å². The van der Waals surface area contributed by atoms with Crippen LogP contribution in [0.15, 0.2) is 21.5 Å².